The summed E-state index contributed by atoms with van der Waals surface area (Å²) in [6, 6.07) is 7.95. The van der Waals surface area contributed by atoms with Gasteiger partial charge in [0.15, 0.2) is 0 Å². The first-order chi connectivity index (χ1) is 8.03. The van der Waals surface area contributed by atoms with E-state index in [1.165, 1.54) is 5.56 Å². The summed E-state index contributed by atoms with van der Waals surface area (Å²) in [5, 5.41) is 0. The highest BCUT2D eigenvalue weighted by atomic mass is 16.2. The van der Waals surface area contributed by atoms with E-state index in [0.29, 0.717) is 0 Å². The molecule has 0 bridgehead atoms. The van der Waals surface area contributed by atoms with Crippen molar-refractivity contribution in [1.82, 2.24) is 0 Å². The van der Waals surface area contributed by atoms with E-state index in [2.05, 4.69) is 0 Å². The number of carbonyl (C=O) groups is 1. The molecule has 1 saturated carbocycles. The van der Waals surface area contributed by atoms with Gasteiger partial charge in [0.2, 0.25) is 5.91 Å². The summed E-state index contributed by atoms with van der Waals surface area (Å²) in [5.41, 5.74) is 7.65. The number of likely N-dealkylation sites (N-methyl/N-ethyl adjacent to an activating group) is 1. The number of hydrogen-bond donors (Lipinski definition) is 1. The summed E-state index contributed by atoms with van der Waals surface area (Å²) in [4.78, 5) is 14.0. The van der Waals surface area contributed by atoms with Crippen LogP contribution in [0.15, 0.2) is 24.3 Å². The van der Waals surface area contributed by atoms with Crippen LogP contribution in [-0.4, -0.2) is 18.5 Å². The number of hydrogen-bond acceptors (Lipinski definition) is 2. The number of nitrogens with zero attached hydrogens (tertiary/aromatic N) is 1. The number of carbonyl (C=O) groups excluding carboxylic acids is 1. The Morgan fingerprint density at radius 3 is 2.29 bits per heavy atom. The molecule has 0 saturated heterocycles. The summed E-state index contributed by atoms with van der Waals surface area (Å²) in [5.74, 6) is 0.0406. The van der Waals surface area contributed by atoms with Crippen LogP contribution in [-0.2, 0) is 4.79 Å². The summed E-state index contributed by atoms with van der Waals surface area (Å²) in [7, 11) is 1.81. The van der Waals surface area contributed by atoms with Gasteiger partial charge in [0.1, 0.15) is 0 Å². The molecule has 0 heterocycles. The smallest absolute Gasteiger partial charge is 0.246 e. The number of anilines is 1. The lowest BCUT2D eigenvalue weighted by Gasteiger charge is -2.28. The summed E-state index contributed by atoms with van der Waals surface area (Å²) in [6.45, 7) is 2.03. The summed E-state index contributed by atoms with van der Waals surface area (Å²) in [6.07, 6.45) is 3.73. The molecule has 3 heteroatoms. The quantitative estimate of drug-likeness (QED) is 0.850. The Hall–Kier alpha value is -1.35. The number of nitrogens with two attached hydrogens (primary N) is 1. The Morgan fingerprint density at radius 1 is 1.24 bits per heavy atom. The molecule has 1 amide bonds. The maximum atomic E-state index is 12.4. The van der Waals surface area contributed by atoms with Crippen molar-refractivity contribution in [3.05, 3.63) is 29.8 Å². The average Bonchev–Trinajstić information content (AvgIpc) is 2.76. The summed E-state index contributed by atoms with van der Waals surface area (Å²) >= 11 is 0. The van der Waals surface area contributed by atoms with E-state index < -0.39 is 5.54 Å². The minimum absolute atomic E-state index is 0.0406. The highest BCUT2D eigenvalue weighted by Gasteiger charge is 2.39. The van der Waals surface area contributed by atoms with Gasteiger partial charge >= 0.3 is 0 Å². The van der Waals surface area contributed by atoms with Gasteiger partial charge in [0.05, 0.1) is 5.54 Å². The highest BCUT2D eigenvalue weighted by Crippen LogP contribution is 2.30. The van der Waals surface area contributed by atoms with Crippen molar-refractivity contribution in [2.24, 2.45) is 5.73 Å². The lowest BCUT2D eigenvalue weighted by atomic mass is 9.97. The van der Waals surface area contributed by atoms with Gasteiger partial charge in [-0.05, 0) is 31.9 Å². The van der Waals surface area contributed by atoms with Gasteiger partial charge in [-0.3, -0.25) is 4.79 Å². The maximum absolute atomic E-state index is 12.4. The molecule has 1 aromatic rings. The van der Waals surface area contributed by atoms with Crippen molar-refractivity contribution in [3.63, 3.8) is 0 Å². The van der Waals surface area contributed by atoms with Crippen LogP contribution in [0.4, 0.5) is 5.69 Å². The lowest BCUT2D eigenvalue weighted by Crippen LogP contribution is -2.52. The first kappa shape index (κ1) is 12.1. The van der Waals surface area contributed by atoms with Gasteiger partial charge in [0.25, 0.3) is 0 Å². The predicted octanol–water partition coefficient (Wildman–Crippen LogP) is 2.23. The van der Waals surface area contributed by atoms with Crippen LogP contribution in [0.25, 0.3) is 0 Å². The monoisotopic (exact) mass is 232 g/mol. The Bertz CT molecular complexity index is 405. The number of amides is 1. The van der Waals surface area contributed by atoms with Gasteiger partial charge in [-0.15, -0.1) is 0 Å². The third-order valence-electron chi connectivity index (χ3n) is 3.65. The molecule has 0 unspecified atom stereocenters. The fourth-order valence-electron chi connectivity index (χ4n) is 2.44. The van der Waals surface area contributed by atoms with Crippen LogP contribution in [0.1, 0.15) is 31.2 Å². The Morgan fingerprint density at radius 2 is 1.76 bits per heavy atom. The van der Waals surface area contributed by atoms with Gasteiger partial charge in [-0.1, -0.05) is 30.5 Å². The second-order valence-electron chi connectivity index (χ2n) is 5.06. The molecule has 1 aliphatic rings. The minimum atomic E-state index is -0.639. The minimum Gasteiger partial charge on any atom is -0.317 e. The largest absolute Gasteiger partial charge is 0.317 e. The van der Waals surface area contributed by atoms with Crippen molar-refractivity contribution in [2.45, 2.75) is 38.1 Å². The molecule has 0 aromatic heterocycles. The molecule has 1 aliphatic carbocycles. The first-order valence-electron chi connectivity index (χ1n) is 6.17. The van der Waals surface area contributed by atoms with Gasteiger partial charge in [0, 0.05) is 12.7 Å². The molecule has 2 N–H and O–H groups in total. The normalized spacial score (nSPS) is 18.1. The fraction of sp³-hybridized carbons (Fsp3) is 0.500. The molecule has 0 radical (unpaired) electrons. The number of rotatable bonds is 2. The third-order valence-corrected chi connectivity index (χ3v) is 3.65. The number of aryl methyl sites for hydroxylation is 1. The van der Waals surface area contributed by atoms with Crippen LogP contribution in [0.5, 0.6) is 0 Å². The van der Waals surface area contributed by atoms with E-state index in [4.69, 9.17) is 5.73 Å². The lowest BCUT2D eigenvalue weighted by molar-refractivity contribution is -0.123. The standard InChI is InChI=1S/C14H20N2O/c1-11-5-7-12(8-6-11)16(2)13(17)14(15)9-3-4-10-14/h5-8H,3-4,9-10,15H2,1-2H3. The molecule has 3 nitrogen and oxygen atoms in total. The van der Waals surface area contributed by atoms with Gasteiger partial charge in [-0.2, -0.15) is 0 Å². The Labute approximate surface area is 103 Å². The van der Waals surface area contributed by atoms with Crippen LogP contribution in [0.2, 0.25) is 0 Å². The van der Waals surface area contributed by atoms with Gasteiger partial charge in [-0.25, -0.2) is 0 Å². The fourth-order valence-corrected chi connectivity index (χ4v) is 2.44. The molecule has 1 aromatic carbocycles. The molecular formula is C14H20N2O. The van der Waals surface area contributed by atoms with Crippen LogP contribution < -0.4 is 10.6 Å². The van der Waals surface area contributed by atoms with Crippen molar-refractivity contribution >= 4 is 11.6 Å². The van der Waals surface area contributed by atoms with E-state index >= 15 is 0 Å². The SMILES string of the molecule is Cc1ccc(N(C)C(=O)C2(N)CCCC2)cc1. The molecule has 17 heavy (non-hydrogen) atoms. The second kappa shape index (κ2) is 4.49. The molecule has 0 aliphatic heterocycles. The molecule has 2 rings (SSSR count). The van der Waals surface area contributed by atoms with Crippen LogP contribution >= 0.6 is 0 Å². The van der Waals surface area contributed by atoms with Crippen molar-refractivity contribution in [2.75, 3.05) is 11.9 Å². The number of benzene rings is 1. The summed E-state index contributed by atoms with van der Waals surface area (Å²) < 4.78 is 0. The zero-order chi connectivity index (χ0) is 12.5. The van der Waals surface area contributed by atoms with Gasteiger partial charge < -0.3 is 10.6 Å². The second-order valence-corrected chi connectivity index (χ2v) is 5.06. The average molecular weight is 232 g/mol. The van der Waals surface area contributed by atoms with E-state index in [1.54, 1.807) is 11.9 Å². The molecular weight excluding hydrogens is 212 g/mol. The first-order valence-corrected chi connectivity index (χ1v) is 6.17. The van der Waals surface area contributed by atoms with Crippen molar-refractivity contribution in [1.29, 1.82) is 0 Å². The van der Waals surface area contributed by atoms with Crippen LogP contribution in [0.3, 0.4) is 0 Å². The zero-order valence-corrected chi connectivity index (χ0v) is 10.6. The molecule has 1 fully saturated rings. The zero-order valence-electron chi connectivity index (χ0n) is 10.6. The predicted molar refractivity (Wildman–Crippen MR) is 70.0 cm³/mol. The molecule has 0 spiro atoms. The van der Waals surface area contributed by atoms with E-state index in [-0.39, 0.29) is 5.91 Å². The van der Waals surface area contributed by atoms with E-state index in [0.717, 1.165) is 31.4 Å². The van der Waals surface area contributed by atoms with E-state index in [9.17, 15) is 4.79 Å². The Kier molecular flexibility index (Phi) is 3.20. The van der Waals surface area contributed by atoms with Crippen LogP contribution in [0, 0.1) is 6.92 Å². The molecule has 0 atom stereocenters. The van der Waals surface area contributed by atoms with Crippen molar-refractivity contribution < 1.29 is 4.79 Å². The molecule has 92 valence electrons. The van der Waals surface area contributed by atoms with E-state index in [1.807, 2.05) is 31.2 Å². The Balaban J connectivity index is 2.17. The maximum Gasteiger partial charge on any atom is 0.246 e. The highest BCUT2D eigenvalue weighted by molar-refractivity contribution is 5.99. The van der Waals surface area contributed by atoms with Crippen molar-refractivity contribution in [3.8, 4) is 0 Å². The topological polar surface area (TPSA) is 46.3 Å². The third kappa shape index (κ3) is 2.34.